The third-order valence-corrected chi connectivity index (χ3v) is 10.5. The number of esters is 1. The molecule has 3 heterocycles. The van der Waals surface area contributed by atoms with Gasteiger partial charge in [-0.3, -0.25) is 19.3 Å². The lowest BCUT2D eigenvalue weighted by Gasteiger charge is -2.49. The second-order valence-corrected chi connectivity index (χ2v) is 18.3. The number of alkyl halides is 1. The Balaban J connectivity index is 1.73. The molecule has 1 N–H and O–H groups in total. The highest BCUT2D eigenvalue weighted by molar-refractivity contribution is 8.01. The van der Waals surface area contributed by atoms with Crippen LogP contribution in [-0.4, -0.2) is 101 Å². The summed E-state index contributed by atoms with van der Waals surface area (Å²) in [5, 5.41) is 9.19. The standard InChI is InChI=1S/C21H28ClN5O7S3Si/c1-32-25-15(13(28)7-22)18(29)24-16-19(30)27-17(21(31)34-11-33-5-6-38(2,3)4)12(10-36-20(16)27)9-35-14-8-23-26-37-14/h8,16,20H,5-7,9-11H2,1-4H3,(H,24,29)/b25-15-/t16-,20+/m1/s1. The highest BCUT2D eigenvalue weighted by atomic mass is 35.5. The Labute approximate surface area is 238 Å². The first kappa shape index (κ1) is 30.6. The molecule has 0 unspecified atom stereocenters. The van der Waals surface area contributed by atoms with Gasteiger partial charge >= 0.3 is 5.97 Å². The summed E-state index contributed by atoms with van der Waals surface area (Å²) in [6, 6.07) is -0.0584. The molecule has 1 saturated heterocycles. The number of hydrogen-bond donors (Lipinski definition) is 1. The molecule has 0 radical (unpaired) electrons. The van der Waals surface area contributed by atoms with Crippen LogP contribution in [0.5, 0.6) is 0 Å². The van der Waals surface area contributed by atoms with Crippen molar-refractivity contribution in [3.05, 3.63) is 17.5 Å². The molecule has 0 aromatic carbocycles. The van der Waals surface area contributed by atoms with Crippen molar-refractivity contribution in [1.82, 2.24) is 19.8 Å². The molecular formula is C21H28ClN5O7S3Si. The van der Waals surface area contributed by atoms with Gasteiger partial charge in [0.05, 0.1) is 12.1 Å². The SMILES string of the molecule is CO/N=C(/C(=O)CCl)C(=O)N[C@@H]1C(=O)N2C(C(=O)OCOCC[Si](C)(C)C)=C(CSc3cnns3)CS[C@@H]12. The predicted molar refractivity (Wildman–Crippen MR) is 148 cm³/mol. The summed E-state index contributed by atoms with van der Waals surface area (Å²) < 4.78 is 15.6. The Bertz CT molecular complexity index is 1110. The van der Waals surface area contributed by atoms with Gasteiger partial charge in [-0.2, -0.15) is 0 Å². The second-order valence-electron chi connectivity index (χ2n) is 9.29. The van der Waals surface area contributed by atoms with Gasteiger partial charge in [0.2, 0.25) is 11.5 Å². The molecule has 208 valence electrons. The van der Waals surface area contributed by atoms with Gasteiger partial charge in [0.15, 0.2) is 6.79 Å². The molecule has 3 rings (SSSR count). The number of Topliss-reactive ketones (excluding diaryl/α,β-unsaturated/α-hetero) is 1. The minimum atomic E-state index is -1.30. The minimum absolute atomic E-state index is 0.130. The highest BCUT2D eigenvalue weighted by Crippen LogP contribution is 2.42. The van der Waals surface area contributed by atoms with Crippen LogP contribution in [0.25, 0.3) is 0 Å². The number of ketones is 1. The van der Waals surface area contributed by atoms with Crippen LogP contribution in [0.3, 0.4) is 0 Å². The van der Waals surface area contributed by atoms with E-state index in [1.807, 2.05) is 0 Å². The van der Waals surface area contributed by atoms with Crippen LogP contribution in [-0.2, 0) is 33.5 Å². The maximum Gasteiger partial charge on any atom is 0.357 e. The van der Waals surface area contributed by atoms with E-state index in [2.05, 4.69) is 44.5 Å². The number of carbonyl (C=O) groups is 4. The summed E-state index contributed by atoms with van der Waals surface area (Å²) in [6.45, 7) is 6.90. The Kier molecular flexibility index (Phi) is 11.2. The molecule has 2 aliphatic heterocycles. The van der Waals surface area contributed by atoms with E-state index in [-0.39, 0.29) is 12.5 Å². The number of ether oxygens (including phenoxy) is 2. The van der Waals surface area contributed by atoms with E-state index < -0.39 is 54.6 Å². The van der Waals surface area contributed by atoms with Crippen molar-refractivity contribution in [3.8, 4) is 0 Å². The molecule has 2 amide bonds. The van der Waals surface area contributed by atoms with Gasteiger partial charge in [-0.25, -0.2) is 4.79 Å². The molecule has 0 saturated carbocycles. The Morgan fingerprint density at radius 1 is 1.34 bits per heavy atom. The largest absolute Gasteiger partial charge is 0.434 e. The van der Waals surface area contributed by atoms with Crippen molar-refractivity contribution in [2.24, 2.45) is 5.16 Å². The topological polar surface area (TPSA) is 149 Å². The smallest absolute Gasteiger partial charge is 0.357 e. The second kappa shape index (κ2) is 13.9. The summed E-state index contributed by atoms with van der Waals surface area (Å²) in [5.41, 5.74) is 0.287. The van der Waals surface area contributed by atoms with Crippen LogP contribution in [0, 0.1) is 0 Å². The lowest BCUT2D eigenvalue weighted by atomic mass is 10.0. The van der Waals surface area contributed by atoms with E-state index in [4.69, 9.17) is 21.1 Å². The molecule has 1 fully saturated rings. The lowest BCUT2D eigenvalue weighted by Crippen LogP contribution is -2.71. The van der Waals surface area contributed by atoms with Crippen LogP contribution in [0.15, 0.2) is 26.8 Å². The van der Waals surface area contributed by atoms with E-state index in [0.29, 0.717) is 23.7 Å². The molecule has 1 aromatic rings. The van der Waals surface area contributed by atoms with Gasteiger partial charge in [-0.1, -0.05) is 29.3 Å². The number of thioether (sulfide) groups is 2. The quantitative estimate of drug-likeness (QED) is 0.0310. The summed E-state index contributed by atoms with van der Waals surface area (Å²) in [7, 11) is -0.119. The number of nitrogens with zero attached hydrogens (tertiary/aromatic N) is 4. The number of halogens is 1. The van der Waals surface area contributed by atoms with E-state index in [1.54, 1.807) is 6.20 Å². The molecule has 2 atom stereocenters. The number of hydrogen-bond acceptors (Lipinski definition) is 13. The number of rotatable bonds is 14. The number of oxime groups is 1. The first-order valence-electron chi connectivity index (χ1n) is 11.4. The first-order valence-corrected chi connectivity index (χ1v) is 18.4. The van der Waals surface area contributed by atoms with Crippen LogP contribution in [0.4, 0.5) is 0 Å². The Morgan fingerprint density at radius 2 is 2.11 bits per heavy atom. The Morgan fingerprint density at radius 3 is 2.74 bits per heavy atom. The van der Waals surface area contributed by atoms with Gasteiger partial charge in [-0.15, -0.1) is 40.2 Å². The molecule has 0 spiro atoms. The van der Waals surface area contributed by atoms with Gasteiger partial charge in [0, 0.05) is 26.2 Å². The van der Waals surface area contributed by atoms with Gasteiger partial charge in [0.1, 0.15) is 28.4 Å². The van der Waals surface area contributed by atoms with Crippen molar-refractivity contribution >= 4 is 84.0 Å². The van der Waals surface area contributed by atoms with E-state index in [1.165, 1.54) is 47.1 Å². The molecule has 38 heavy (non-hydrogen) atoms. The van der Waals surface area contributed by atoms with E-state index in [9.17, 15) is 19.2 Å². The van der Waals surface area contributed by atoms with Crippen molar-refractivity contribution < 1.29 is 33.5 Å². The average molecular weight is 622 g/mol. The van der Waals surface area contributed by atoms with E-state index >= 15 is 0 Å². The normalized spacial score (nSPS) is 19.6. The monoisotopic (exact) mass is 621 g/mol. The third-order valence-electron chi connectivity index (χ3n) is 5.31. The number of β-lactam (4-membered cyclic amide) rings is 1. The number of amides is 2. The summed E-state index contributed by atoms with van der Waals surface area (Å²) in [6.07, 6.45) is 1.63. The average Bonchev–Trinajstić information content (AvgIpc) is 3.40. The predicted octanol–water partition coefficient (Wildman–Crippen LogP) is 1.95. The molecule has 0 bridgehead atoms. The van der Waals surface area contributed by atoms with Crippen LogP contribution in [0.2, 0.25) is 25.7 Å². The van der Waals surface area contributed by atoms with Crippen molar-refractivity contribution in [1.29, 1.82) is 0 Å². The van der Waals surface area contributed by atoms with Gasteiger partial charge in [-0.05, 0) is 23.1 Å². The fraction of sp³-hybridized carbons (Fsp3) is 0.571. The zero-order valence-corrected chi connectivity index (χ0v) is 25.4. The molecule has 1 aromatic heterocycles. The minimum Gasteiger partial charge on any atom is -0.434 e. The number of carbonyl (C=O) groups excluding carboxylic acids is 4. The maximum atomic E-state index is 13.2. The van der Waals surface area contributed by atoms with Gasteiger partial charge < -0.3 is 19.6 Å². The summed E-state index contributed by atoms with van der Waals surface area (Å²) in [5.74, 6) is -2.48. The highest BCUT2D eigenvalue weighted by Gasteiger charge is 2.54. The Hall–Kier alpha value is -1.98. The van der Waals surface area contributed by atoms with Crippen LogP contribution < -0.4 is 5.32 Å². The summed E-state index contributed by atoms with van der Waals surface area (Å²) >= 11 is 9.61. The zero-order chi connectivity index (χ0) is 27.9. The fourth-order valence-corrected chi connectivity index (χ4v) is 7.14. The van der Waals surface area contributed by atoms with E-state index in [0.717, 1.165) is 10.3 Å². The third kappa shape index (κ3) is 7.78. The number of fused-ring (bicyclic) bond motifs is 1. The summed E-state index contributed by atoms with van der Waals surface area (Å²) in [4.78, 5) is 56.8. The molecule has 0 aliphatic carbocycles. The molecule has 17 heteroatoms. The van der Waals surface area contributed by atoms with Crippen LogP contribution in [0.1, 0.15) is 0 Å². The molecule has 2 aliphatic rings. The van der Waals surface area contributed by atoms with Gasteiger partial charge in [0.25, 0.3) is 11.8 Å². The maximum absolute atomic E-state index is 13.2. The first-order chi connectivity index (χ1) is 18.1. The van der Waals surface area contributed by atoms with Crippen molar-refractivity contribution in [2.75, 3.05) is 37.9 Å². The zero-order valence-electron chi connectivity index (χ0n) is 21.2. The fourth-order valence-electron chi connectivity index (χ4n) is 3.35. The molecular weight excluding hydrogens is 594 g/mol. The number of aromatic nitrogens is 2. The number of nitrogens with one attached hydrogen (secondary N) is 1. The lowest BCUT2D eigenvalue weighted by molar-refractivity contribution is -0.159. The molecule has 12 nitrogen and oxygen atoms in total. The van der Waals surface area contributed by atoms with Crippen molar-refractivity contribution in [2.45, 2.75) is 41.3 Å². The van der Waals surface area contributed by atoms with Crippen molar-refractivity contribution in [3.63, 3.8) is 0 Å². The van der Waals surface area contributed by atoms with Crippen LogP contribution >= 0.6 is 46.7 Å².